The van der Waals surface area contributed by atoms with E-state index in [2.05, 4.69) is 37.6 Å². The van der Waals surface area contributed by atoms with Gasteiger partial charge in [-0.3, -0.25) is 4.90 Å². The van der Waals surface area contributed by atoms with Crippen molar-refractivity contribution in [3.05, 3.63) is 12.2 Å². The van der Waals surface area contributed by atoms with Crippen LogP contribution >= 0.6 is 0 Å². The van der Waals surface area contributed by atoms with Gasteiger partial charge in [-0.15, -0.1) is 0 Å². The van der Waals surface area contributed by atoms with Crippen molar-refractivity contribution in [1.29, 1.82) is 0 Å². The lowest BCUT2D eigenvalue weighted by atomic mass is 10.0. The number of nitrogens with one attached hydrogen (secondary N) is 1. The Kier molecular flexibility index (Phi) is 6.03. The Labute approximate surface area is 99.8 Å². The highest BCUT2D eigenvalue weighted by Crippen LogP contribution is 2.14. The van der Waals surface area contributed by atoms with Crippen LogP contribution in [0.5, 0.6) is 0 Å². The first-order valence-electron chi connectivity index (χ1n) is 6.41. The summed E-state index contributed by atoms with van der Waals surface area (Å²) in [6, 6.07) is 0.296. The van der Waals surface area contributed by atoms with Crippen LogP contribution in [-0.4, -0.2) is 49.8 Å². The minimum atomic E-state index is 0.262. The van der Waals surface area contributed by atoms with Crippen molar-refractivity contribution >= 4 is 0 Å². The average molecular weight is 226 g/mol. The summed E-state index contributed by atoms with van der Waals surface area (Å²) < 4.78 is 5.87. The smallest absolute Gasteiger partial charge is 0.0893 e. The van der Waals surface area contributed by atoms with Crippen LogP contribution in [-0.2, 0) is 4.74 Å². The Bertz CT molecular complexity index is 216. The number of likely N-dealkylation sites (N-methyl/N-ethyl adjacent to an activating group) is 1. The second-order valence-corrected chi connectivity index (χ2v) is 4.59. The Morgan fingerprint density at radius 3 is 2.88 bits per heavy atom. The van der Waals surface area contributed by atoms with Gasteiger partial charge in [-0.2, -0.15) is 0 Å². The molecule has 0 aromatic heterocycles. The molecule has 0 spiro atoms. The normalized spacial score (nSPS) is 24.3. The molecule has 1 aliphatic heterocycles. The van der Waals surface area contributed by atoms with Crippen LogP contribution in [0, 0.1) is 0 Å². The molecule has 1 N–H and O–H groups in total. The van der Waals surface area contributed by atoms with E-state index in [-0.39, 0.29) is 6.10 Å². The fourth-order valence-electron chi connectivity index (χ4n) is 2.30. The highest BCUT2D eigenvalue weighted by molar-refractivity contribution is 5.06. The summed E-state index contributed by atoms with van der Waals surface area (Å²) in [5, 5.41) is 3.46. The lowest BCUT2D eigenvalue weighted by molar-refractivity contribution is -0.0400. The maximum Gasteiger partial charge on any atom is 0.0893 e. The number of morpholine rings is 1. The number of hydrogen-bond acceptors (Lipinski definition) is 3. The number of hydrogen-bond donors (Lipinski definition) is 1. The molecule has 0 bridgehead atoms. The van der Waals surface area contributed by atoms with E-state index in [0.717, 1.165) is 26.2 Å². The lowest BCUT2D eigenvalue weighted by Crippen LogP contribution is -2.52. The third-order valence-corrected chi connectivity index (χ3v) is 3.04. The van der Waals surface area contributed by atoms with Crippen molar-refractivity contribution in [2.75, 3.05) is 32.8 Å². The molecule has 3 nitrogen and oxygen atoms in total. The van der Waals surface area contributed by atoms with Crippen LogP contribution in [0.1, 0.15) is 27.2 Å². The standard InChI is InChI=1S/C13H26N2O/c1-5-7-15-8-9-16-12(10-15)13(11(3)4)14-6-2/h12-14H,3,5-10H2,1-2,4H3. The van der Waals surface area contributed by atoms with Gasteiger partial charge in [-0.1, -0.05) is 26.0 Å². The fourth-order valence-corrected chi connectivity index (χ4v) is 2.30. The average Bonchev–Trinajstić information content (AvgIpc) is 2.26. The second-order valence-electron chi connectivity index (χ2n) is 4.59. The first kappa shape index (κ1) is 13.7. The maximum absolute atomic E-state index is 5.87. The summed E-state index contributed by atoms with van der Waals surface area (Å²) in [6.45, 7) is 15.6. The third-order valence-electron chi connectivity index (χ3n) is 3.04. The predicted octanol–water partition coefficient (Wildman–Crippen LogP) is 1.65. The van der Waals surface area contributed by atoms with Gasteiger partial charge in [0.2, 0.25) is 0 Å². The summed E-state index contributed by atoms with van der Waals surface area (Å²) in [5.41, 5.74) is 1.17. The molecule has 2 unspecified atom stereocenters. The van der Waals surface area contributed by atoms with Crippen LogP contribution in [0.15, 0.2) is 12.2 Å². The number of nitrogens with zero attached hydrogens (tertiary/aromatic N) is 1. The van der Waals surface area contributed by atoms with Crippen LogP contribution in [0.2, 0.25) is 0 Å². The molecule has 1 rings (SSSR count). The Hall–Kier alpha value is -0.380. The highest BCUT2D eigenvalue weighted by atomic mass is 16.5. The van der Waals surface area contributed by atoms with Gasteiger partial charge in [0, 0.05) is 13.1 Å². The van der Waals surface area contributed by atoms with Gasteiger partial charge in [0.05, 0.1) is 18.8 Å². The molecule has 94 valence electrons. The van der Waals surface area contributed by atoms with Crippen LogP contribution in [0.25, 0.3) is 0 Å². The van der Waals surface area contributed by atoms with Crippen molar-refractivity contribution in [2.24, 2.45) is 0 Å². The van der Waals surface area contributed by atoms with Crippen molar-refractivity contribution < 1.29 is 4.74 Å². The zero-order chi connectivity index (χ0) is 12.0. The summed E-state index contributed by atoms with van der Waals surface area (Å²) in [7, 11) is 0. The van der Waals surface area contributed by atoms with E-state index >= 15 is 0 Å². The topological polar surface area (TPSA) is 24.5 Å². The van der Waals surface area contributed by atoms with Crippen LogP contribution in [0.3, 0.4) is 0 Å². The van der Waals surface area contributed by atoms with Crippen molar-refractivity contribution in [1.82, 2.24) is 10.2 Å². The van der Waals surface area contributed by atoms with Crippen LogP contribution < -0.4 is 5.32 Å². The van der Waals surface area contributed by atoms with Gasteiger partial charge >= 0.3 is 0 Å². The zero-order valence-corrected chi connectivity index (χ0v) is 11.0. The van der Waals surface area contributed by atoms with E-state index in [4.69, 9.17) is 4.74 Å². The van der Waals surface area contributed by atoms with E-state index < -0.39 is 0 Å². The molecule has 3 heteroatoms. The van der Waals surface area contributed by atoms with Gasteiger partial charge in [0.25, 0.3) is 0 Å². The molecular weight excluding hydrogens is 200 g/mol. The summed E-state index contributed by atoms with van der Waals surface area (Å²) >= 11 is 0. The first-order chi connectivity index (χ1) is 7.69. The molecule has 16 heavy (non-hydrogen) atoms. The highest BCUT2D eigenvalue weighted by Gasteiger charge is 2.27. The van der Waals surface area contributed by atoms with E-state index in [1.54, 1.807) is 0 Å². The van der Waals surface area contributed by atoms with Gasteiger partial charge in [-0.25, -0.2) is 0 Å². The van der Waals surface area contributed by atoms with Crippen molar-refractivity contribution in [3.8, 4) is 0 Å². The Morgan fingerprint density at radius 1 is 1.56 bits per heavy atom. The molecule has 1 fully saturated rings. The van der Waals surface area contributed by atoms with E-state index in [1.165, 1.54) is 18.5 Å². The zero-order valence-electron chi connectivity index (χ0n) is 11.0. The molecule has 0 aromatic carbocycles. The van der Waals surface area contributed by atoms with Gasteiger partial charge < -0.3 is 10.1 Å². The summed E-state index contributed by atoms with van der Waals surface area (Å²) in [4.78, 5) is 2.49. The number of ether oxygens (including phenoxy) is 1. The molecule has 0 amide bonds. The molecule has 0 aromatic rings. The first-order valence-corrected chi connectivity index (χ1v) is 6.41. The molecule has 1 aliphatic rings. The predicted molar refractivity (Wildman–Crippen MR) is 68.7 cm³/mol. The molecule has 1 heterocycles. The van der Waals surface area contributed by atoms with E-state index in [1.807, 2.05) is 0 Å². The molecule has 2 atom stereocenters. The summed E-state index contributed by atoms with van der Waals surface area (Å²) in [6.07, 6.45) is 1.48. The molecule has 0 radical (unpaired) electrons. The molecule has 0 aliphatic carbocycles. The Balaban J connectivity index is 2.52. The summed E-state index contributed by atoms with van der Waals surface area (Å²) in [5.74, 6) is 0. The van der Waals surface area contributed by atoms with Gasteiger partial charge in [-0.05, 0) is 26.4 Å². The molecule has 1 saturated heterocycles. The SMILES string of the molecule is C=C(C)C(NCC)C1CN(CCC)CCO1. The van der Waals surface area contributed by atoms with Gasteiger partial charge in [0.15, 0.2) is 0 Å². The quantitative estimate of drug-likeness (QED) is 0.697. The maximum atomic E-state index is 5.87. The van der Waals surface area contributed by atoms with Crippen LogP contribution in [0.4, 0.5) is 0 Å². The fraction of sp³-hybridized carbons (Fsp3) is 0.846. The second kappa shape index (κ2) is 7.05. The lowest BCUT2D eigenvalue weighted by Gasteiger charge is -2.37. The van der Waals surface area contributed by atoms with Gasteiger partial charge in [0.1, 0.15) is 0 Å². The van der Waals surface area contributed by atoms with E-state index in [9.17, 15) is 0 Å². The van der Waals surface area contributed by atoms with Crippen molar-refractivity contribution in [2.45, 2.75) is 39.3 Å². The molecular formula is C13H26N2O. The minimum absolute atomic E-state index is 0.262. The molecule has 0 saturated carbocycles. The Morgan fingerprint density at radius 2 is 2.31 bits per heavy atom. The van der Waals surface area contributed by atoms with E-state index in [0.29, 0.717) is 6.04 Å². The van der Waals surface area contributed by atoms with Crippen molar-refractivity contribution in [3.63, 3.8) is 0 Å². The largest absolute Gasteiger partial charge is 0.374 e. The minimum Gasteiger partial charge on any atom is -0.374 e. The monoisotopic (exact) mass is 226 g/mol. The number of rotatable bonds is 6. The third kappa shape index (κ3) is 3.89.